The zero-order valence-electron chi connectivity index (χ0n) is 4.12. The molecule has 0 aliphatic rings. The van der Waals surface area contributed by atoms with Gasteiger partial charge in [0.15, 0.2) is 7.85 Å². The fourth-order valence-corrected chi connectivity index (χ4v) is 0.393. The Morgan fingerprint density at radius 3 is 2.50 bits per heavy atom. The van der Waals surface area contributed by atoms with Crippen LogP contribution in [-0.4, -0.2) is 19.3 Å². The second-order valence-corrected chi connectivity index (χ2v) is 1.70. The van der Waals surface area contributed by atoms with Gasteiger partial charge < -0.3 is 5.32 Å². The molecule has 0 bridgehead atoms. The second kappa shape index (κ2) is 3.16. The number of nitrogens with one attached hydrogen (secondary N) is 1. The van der Waals surface area contributed by atoms with Crippen molar-refractivity contribution in [3.63, 3.8) is 0 Å². The first-order valence-electron chi connectivity index (χ1n) is 2.01. The molecule has 0 saturated carbocycles. The van der Waals surface area contributed by atoms with Gasteiger partial charge in [-0.3, -0.25) is 0 Å². The first-order valence-corrected chi connectivity index (χ1v) is 2.42. The first kappa shape index (κ1) is 5.95. The monoisotopic (exact) mass is 101 g/mol. The van der Waals surface area contributed by atoms with Gasteiger partial charge >= 0.3 is 0 Å². The van der Waals surface area contributed by atoms with Crippen LogP contribution in [0.5, 0.6) is 0 Å². The Morgan fingerprint density at radius 2 is 2.50 bits per heavy atom. The SMILES string of the molecule is BC(=S)NCC. The molecule has 0 atom stereocenters. The second-order valence-electron chi connectivity index (χ2n) is 1.09. The van der Waals surface area contributed by atoms with Crippen LogP contribution in [0.4, 0.5) is 0 Å². The zero-order chi connectivity index (χ0) is 4.99. The van der Waals surface area contributed by atoms with Gasteiger partial charge in [-0.25, -0.2) is 0 Å². The minimum absolute atomic E-state index is 0.873. The van der Waals surface area contributed by atoms with Crippen LogP contribution in [0.15, 0.2) is 0 Å². The van der Waals surface area contributed by atoms with Crippen molar-refractivity contribution in [1.29, 1.82) is 0 Å². The minimum Gasteiger partial charge on any atom is -0.388 e. The van der Waals surface area contributed by atoms with Crippen molar-refractivity contribution in [2.45, 2.75) is 6.92 Å². The zero-order valence-corrected chi connectivity index (χ0v) is 4.93. The number of hydrogen-bond acceptors (Lipinski definition) is 1. The normalized spacial score (nSPS) is 7.50. The molecule has 1 nitrogen and oxygen atoms in total. The van der Waals surface area contributed by atoms with E-state index in [1.165, 1.54) is 0 Å². The van der Waals surface area contributed by atoms with Crippen molar-refractivity contribution in [3.8, 4) is 0 Å². The molecular formula is C3H8BNS. The third-order valence-electron chi connectivity index (χ3n) is 0.426. The molecular weight excluding hydrogens is 92.9 g/mol. The average Bonchev–Trinajstić information content (AvgIpc) is 1.35. The summed E-state index contributed by atoms with van der Waals surface area (Å²) in [5.74, 6) is 0. The fourth-order valence-electron chi connectivity index (χ4n) is 0.249. The van der Waals surface area contributed by atoms with Gasteiger partial charge in [0.2, 0.25) is 0 Å². The molecule has 0 fully saturated rings. The van der Waals surface area contributed by atoms with Crippen LogP contribution >= 0.6 is 12.2 Å². The number of hydrogen-bond donors (Lipinski definition) is 1. The van der Waals surface area contributed by atoms with Gasteiger partial charge in [0.1, 0.15) is 0 Å². The molecule has 0 heterocycles. The molecule has 0 saturated heterocycles. The van der Waals surface area contributed by atoms with Crippen LogP contribution in [0.2, 0.25) is 0 Å². The molecule has 0 aliphatic heterocycles. The van der Waals surface area contributed by atoms with Crippen LogP contribution in [0.3, 0.4) is 0 Å². The highest BCUT2D eigenvalue weighted by Gasteiger charge is 1.74. The van der Waals surface area contributed by atoms with E-state index in [0.717, 1.165) is 11.4 Å². The predicted molar refractivity (Wildman–Crippen MR) is 34.8 cm³/mol. The maximum atomic E-state index is 4.68. The van der Waals surface area contributed by atoms with Crippen molar-refractivity contribution >= 4 is 25.0 Å². The van der Waals surface area contributed by atoms with E-state index in [2.05, 4.69) is 17.5 Å². The molecule has 0 rings (SSSR count). The molecule has 1 N–H and O–H groups in total. The lowest BCUT2D eigenvalue weighted by molar-refractivity contribution is 0.994. The van der Waals surface area contributed by atoms with Crippen LogP contribution in [0.25, 0.3) is 0 Å². The molecule has 0 radical (unpaired) electrons. The Labute approximate surface area is 44.5 Å². The van der Waals surface area contributed by atoms with Gasteiger partial charge in [0, 0.05) is 11.4 Å². The molecule has 6 heavy (non-hydrogen) atoms. The largest absolute Gasteiger partial charge is 0.388 e. The van der Waals surface area contributed by atoms with E-state index < -0.39 is 0 Å². The fraction of sp³-hybridized carbons (Fsp3) is 0.667. The third kappa shape index (κ3) is 3.95. The maximum Gasteiger partial charge on any atom is 0.175 e. The Morgan fingerprint density at radius 1 is 2.00 bits per heavy atom. The standard InChI is InChI=1S/C3H8BNS/c1-2-5-3(4)6/h2,4H2,1H3,(H,5,6). The molecule has 3 heteroatoms. The van der Waals surface area contributed by atoms with Crippen LogP contribution in [0, 0.1) is 0 Å². The molecule has 0 amide bonds. The van der Waals surface area contributed by atoms with E-state index >= 15 is 0 Å². The number of thiocarbonyl (C=S) groups is 1. The summed E-state index contributed by atoms with van der Waals surface area (Å²) in [4.78, 5) is 0.873. The lowest BCUT2D eigenvalue weighted by Crippen LogP contribution is -2.19. The summed E-state index contributed by atoms with van der Waals surface area (Å²) in [7, 11) is 1.87. The Bertz CT molecular complexity index is 54.8. The summed E-state index contributed by atoms with van der Waals surface area (Å²) in [6.45, 7) is 2.96. The van der Waals surface area contributed by atoms with E-state index in [1.54, 1.807) is 0 Å². The van der Waals surface area contributed by atoms with Gasteiger partial charge in [-0.15, -0.1) is 0 Å². The molecule has 0 aliphatic carbocycles. The van der Waals surface area contributed by atoms with E-state index in [1.807, 2.05) is 14.8 Å². The van der Waals surface area contributed by atoms with Gasteiger partial charge in [-0.1, -0.05) is 12.2 Å². The summed E-state index contributed by atoms with van der Waals surface area (Å²) in [5, 5.41) is 2.94. The Balaban J connectivity index is 2.83. The summed E-state index contributed by atoms with van der Waals surface area (Å²) < 4.78 is 0. The predicted octanol–water partition coefficient (Wildman–Crippen LogP) is -0.486. The van der Waals surface area contributed by atoms with Crippen molar-refractivity contribution < 1.29 is 0 Å². The molecule has 0 spiro atoms. The van der Waals surface area contributed by atoms with Gasteiger partial charge in [0.25, 0.3) is 0 Å². The summed E-state index contributed by atoms with van der Waals surface area (Å²) in [6, 6.07) is 0. The van der Waals surface area contributed by atoms with Crippen molar-refractivity contribution in [1.82, 2.24) is 5.32 Å². The Kier molecular flexibility index (Phi) is 3.13. The smallest absolute Gasteiger partial charge is 0.175 e. The molecule has 0 aromatic carbocycles. The topological polar surface area (TPSA) is 12.0 Å². The number of rotatable bonds is 1. The van der Waals surface area contributed by atoms with Gasteiger partial charge in [-0.2, -0.15) is 0 Å². The lowest BCUT2D eigenvalue weighted by Gasteiger charge is -1.93. The highest BCUT2D eigenvalue weighted by atomic mass is 32.1. The molecule has 0 aromatic rings. The van der Waals surface area contributed by atoms with E-state index in [-0.39, 0.29) is 0 Å². The lowest BCUT2D eigenvalue weighted by atomic mass is 10.2. The Hall–Kier alpha value is -0.0451. The molecule has 34 valence electrons. The van der Waals surface area contributed by atoms with Crippen LogP contribution < -0.4 is 5.32 Å². The molecule has 0 unspecified atom stereocenters. The highest BCUT2D eigenvalue weighted by molar-refractivity contribution is 7.82. The van der Waals surface area contributed by atoms with E-state index in [9.17, 15) is 0 Å². The van der Waals surface area contributed by atoms with Gasteiger partial charge in [-0.05, 0) is 6.92 Å². The van der Waals surface area contributed by atoms with Crippen molar-refractivity contribution in [3.05, 3.63) is 0 Å². The molecule has 0 aromatic heterocycles. The minimum atomic E-state index is 0.873. The van der Waals surface area contributed by atoms with Crippen molar-refractivity contribution in [2.75, 3.05) is 6.54 Å². The van der Waals surface area contributed by atoms with Gasteiger partial charge in [0.05, 0.1) is 0 Å². The van der Waals surface area contributed by atoms with E-state index in [4.69, 9.17) is 0 Å². The highest BCUT2D eigenvalue weighted by Crippen LogP contribution is 1.56. The van der Waals surface area contributed by atoms with Crippen LogP contribution in [-0.2, 0) is 0 Å². The average molecular weight is 101 g/mol. The quantitative estimate of drug-likeness (QED) is 0.353. The third-order valence-corrected chi connectivity index (χ3v) is 0.570. The summed E-state index contributed by atoms with van der Waals surface area (Å²) in [6.07, 6.45) is 0. The van der Waals surface area contributed by atoms with Crippen LogP contribution in [0.1, 0.15) is 6.92 Å². The van der Waals surface area contributed by atoms with Crippen molar-refractivity contribution in [2.24, 2.45) is 0 Å². The maximum absolute atomic E-state index is 4.68. The van der Waals surface area contributed by atoms with E-state index in [0.29, 0.717) is 0 Å². The summed E-state index contributed by atoms with van der Waals surface area (Å²) in [5.41, 5.74) is 0. The summed E-state index contributed by atoms with van der Waals surface area (Å²) >= 11 is 4.68. The first-order chi connectivity index (χ1) is 2.77.